The summed E-state index contributed by atoms with van der Waals surface area (Å²) in [4.78, 5) is 27.7. The summed E-state index contributed by atoms with van der Waals surface area (Å²) in [6, 6.07) is 14.7. The van der Waals surface area contributed by atoms with Gasteiger partial charge in [0, 0.05) is 21.5 Å². The summed E-state index contributed by atoms with van der Waals surface area (Å²) >= 11 is 3.37. The molecular formula is C26H25BrN2O5. The number of amides is 1. The van der Waals surface area contributed by atoms with E-state index in [1.807, 2.05) is 27.7 Å². The highest BCUT2D eigenvalue weighted by Crippen LogP contribution is 2.43. The van der Waals surface area contributed by atoms with Crippen LogP contribution in [0.25, 0.3) is 5.76 Å². The summed E-state index contributed by atoms with van der Waals surface area (Å²) < 4.78 is 11.9. The van der Waals surface area contributed by atoms with Gasteiger partial charge < -0.3 is 14.4 Å². The molecule has 1 N–H and O–H groups in total. The van der Waals surface area contributed by atoms with Gasteiger partial charge in [-0.15, -0.1) is 0 Å². The van der Waals surface area contributed by atoms with Gasteiger partial charge in [0.2, 0.25) is 0 Å². The van der Waals surface area contributed by atoms with Crippen molar-refractivity contribution in [2.75, 3.05) is 11.5 Å². The van der Waals surface area contributed by atoms with Crippen LogP contribution in [-0.2, 0) is 15.0 Å². The van der Waals surface area contributed by atoms with Crippen LogP contribution in [0.1, 0.15) is 50.6 Å². The molecule has 7 nitrogen and oxygen atoms in total. The van der Waals surface area contributed by atoms with Crippen LogP contribution >= 0.6 is 15.9 Å². The van der Waals surface area contributed by atoms with Crippen molar-refractivity contribution in [3.8, 4) is 5.75 Å². The fraction of sp³-hybridized carbons (Fsp3) is 0.269. The summed E-state index contributed by atoms with van der Waals surface area (Å²) in [7, 11) is 0. The van der Waals surface area contributed by atoms with Gasteiger partial charge in [-0.1, -0.05) is 66.1 Å². The molecule has 1 atom stereocenters. The minimum absolute atomic E-state index is 0.0169. The molecule has 0 radical (unpaired) electrons. The van der Waals surface area contributed by atoms with Crippen LogP contribution in [0.5, 0.6) is 5.75 Å². The number of anilines is 1. The third-order valence-corrected chi connectivity index (χ3v) is 6.08. The molecule has 0 bridgehead atoms. The van der Waals surface area contributed by atoms with Crippen molar-refractivity contribution < 1.29 is 24.0 Å². The van der Waals surface area contributed by atoms with Gasteiger partial charge in [-0.3, -0.25) is 14.5 Å². The maximum atomic E-state index is 13.2. The van der Waals surface area contributed by atoms with E-state index in [0.29, 0.717) is 29.2 Å². The summed E-state index contributed by atoms with van der Waals surface area (Å²) in [6.45, 7) is 8.28. The van der Waals surface area contributed by atoms with Crippen molar-refractivity contribution in [3.63, 3.8) is 0 Å². The van der Waals surface area contributed by atoms with Gasteiger partial charge >= 0.3 is 5.91 Å². The Balaban J connectivity index is 1.89. The van der Waals surface area contributed by atoms with Crippen LogP contribution in [0.2, 0.25) is 0 Å². The lowest BCUT2D eigenvalue weighted by Gasteiger charge is -2.23. The fourth-order valence-electron chi connectivity index (χ4n) is 3.79. The standard InChI is InChI=1S/C26H25BrN2O5/c1-5-33-18-12-8-15(9-13-18)22-21(23(30)16-6-10-17(27)11-7-16)24(31)25(32)29(22)20-14-19(34-28-20)26(2,3)4/h6-14,22,30H,5H2,1-4H3/b23-21+. The van der Waals surface area contributed by atoms with E-state index in [1.54, 1.807) is 54.6 Å². The highest BCUT2D eigenvalue weighted by atomic mass is 79.9. The monoisotopic (exact) mass is 524 g/mol. The van der Waals surface area contributed by atoms with Crippen molar-refractivity contribution in [2.24, 2.45) is 0 Å². The number of aromatic nitrogens is 1. The molecule has 1 unspecified atom stereocenters. The lowest BCUT2D eigenvalue weighted by molar-refractivity contribution is -0.132. The van der Waals surface area contributed by atoms with Crippen LogP contribution in [0.15, 0.2) is 69.2 Å². The lowest BCUT2D eigenvalue weighted by atomic mass is 9.93. The first-order valence-corrected chi connectivity index (χ1v) is 11.7. The van der Waals surface area contributed by atoms with Crippen LogP contribution in [0.4, 0.5) is 5.82 Å². The van der Waals surface area contributed by atoms with Crippen molar-refractivity contribution >= 4 is 39.2 Å². The Morgan fingerprint density at radius 1 is 1.12 bits per heavy atom. The van der Waals surface area contributed by atoms with Crippen LogP contribution in [0.3, 0.4) is 0 Å². The minimum atomic E-state index is -0.891. The molecule has 1 aliphatic heterocycles. The number of carbonyl (C=O) groups is 2. The number of hydrogen-bond donors (Lipinski definition) is 1. The average molecular weight is 525 g/mol. The van der Waals surface area contributed by atoms with Crippen molar-refractivity contribution in [1.29, 1.82) is 0 Å². The first-order valence-electron chi connectivity index (χ1n) is 10.9. The summed E-state index contributed by atoms with van der Waals surface area (Å²) in [5, 5.41) is 15.3. The Labute approximate surface area is 206 Å². The number of benzene rings is 2. The van der Waals surface area contributed by atoms with Gasteiger partial charge in [-0.05, 0) is 36.8 Å². The molecule has 4 rings (SSSR count). The number of ether oxygens (including phenoxy) is 1. The zero-order chi connectivity index (χ0) is 24.6. The van der Waals surface area contributed by atoms with E-state index in [1.165, 1.54) is 4.90 Å². The third-order valence-electron chi connectivity index (χ3n) is 5.55. The largest absolute Gasteiger partial charge is 0.507 e. The zero-order valence-electron chi connectivity index (χ0n) is 19.3. The van der Waals surface area contributed by atoms with Crippen molar-refractivity contribution in [2.45, 2.75) is 39.2 Å². The first kappa shape index (κ1) is 23.8. The second-order valence-electron chi connectivity index (χ2n) is 8.98. The maximum Gasteiger partial charge on any atom is 0.301 e. The Bertz CT molecular complexity index is 1250. The molecule has 8 heteroatoms. The molecular weight excluding hydrogens is 500 g/mol. The molecule has 0 spiro atoms. The normalized spacial score (nSPS) is 17.9. The molecule has 1 amide bonds. The van der Waals surface area contributed by atoms with E-state index in [0.717, 1.165) is 4.47 Å². The fourth-order valence-corrected chi connectivity index (χ4v) is 4.06. The molecule has 0 aliphatic carbocycles. The lowest BCUT2D eigenvalue weighted by Crippen LogP contribution is -2.29. The molecule has 1 saturated heterocycles. The molecule has 2 heterocycles. The number of rotatable bonds is 5. The molecule has 1 aromatic heterocycles. The van der Waals surface area contributed by atoms with Gasteiger partial charge in [-0.2, -0.15) is 0 Å². The molecule has 34 heavy (non-hydrogen) atoms. The molecule has 0 saturated carbocycles. The van der Waals surface area contributed by atoms with E-state index in [2.05, 4.69) is 21.1 Å². The van der Waals surface area contributed by atoms with Crippen LogP contribution in [0, 0.1) is 0 Å². The predicted octanol–water partition coefficient (Wildman–Crippen LogP) is 5.76. The minimum Gasteiger partial charge on any atom is -0.507 e. The molecule has 2 aromatic carbocycles. The van der Waals surface area contributed by atoms with E-state index >= 15 is 0 Å². The Morgan fingerprint density at radius 2 is 1.76 bits per heavy atom. The number of carbonyl (C=O) groups excluding carboxylic acids is 2. The highest BCUT2D eigenvalue weighted by Gasteiger charge is 2.48. The van der Waals surface area contributed by atoms with Crippen molar-refractivity contribution in [1.82, 2.24) is 5.16 Å². The SMILES string of the molecule is CCOc1ccc(C2/C(=C(\O)c3ccc(Br)cc3)C(=O)C(=O)N2c2cc(C(C)(C)C)on2)cc1. The molecule has 176 valence electrons. The third kappa shape index (κ3) is 4.37. The highest BCUT2D eigenvalue weighted by molar-refractivity contribution is 9.10. The number of Topliss-reactive ketones (excluding diaryl/α,β-unsaturated/α-hetero) is 1. The van der Waals surface area contributed by atoms with Gasteiger partial charge in [-0.25, -0.2) is 0 Å². The van der Waals surface area contributed by atoms with Gasteiger partial charge in [0.25, 0.3) is 5.78 Å². The quantitative estimate of drug-likeness (QED) is 0.259. The van der Waals surface area contributed by atoms with Gasteiger partial charge in [0.15, 0.2) is 5.82 Å². The number of hydrogen-bond acceptors (Lipinski definition) is 6. The zero-order valence-corrected chi connectivity index (χ0v) is 20.9. The van der Waals surface area contributed by atoms with Crippen LogP contribution in [-0.4, -0.2) is 28.6 Å². The summed E-state index contributed by atoms with van der Waals surface area (Å²) in [5.74, 6) is -0.395. The van der Waals surface area contributed by atoms with Crippen molar-refractivity contribution in [3.05, 3.63) is 81.5 Å². The Kier molecular flexibility index (Phi) is 6.36. The smallest absolute Gasteiger partial charge is 0.301 e. The number of aliphatic hydroxyl groups is 1. The topological polar surface area (TPSA) is 92.9 Å². The Hall–Kier alpha value is -3.39. The van der Waals surface area contributed by atoms with Gasteiger partial charge in [0.1, 0.15) is 17.3 Å². The summed E-state index contributed by atoms with van der Waals surface area (Å²) in [5.41, 5.74) is 0.691. The van der Waals surface area contributed by atoms with Crippen LogP contribution < -0.4 is 9.64 Å². The predicted molar refractivity (Wildman–Crippen MR) is 132 cm³/mol. The van der Waals surface area contributed by atoms with E-state index in [9.17, 15) is 14.7 Å². The number of halogens is 1. The summed E-state index contributed by atoms with van der Waals surface area (Å²) in [6.07, 6.45) is 0. The Morgan fingerprint density at radius 3 is 2.32 bits per heavy atom. The van der Waals surface area contributed by atoms with E-state index in [-0.39, 0.29) is 22.6 Å². The van der Waals surface area contributed by atoms with E-state index in [4.69, 9.17) is 9.26 Å². The van der Waals surface area contributed by atoms with Gasteiger partial charge in [0.05, 0.1) is 18.2 Å². The average Bonchev–Trinajstić information content (AvgIpc) is 3.38. The number of ketones is 1. The second-order valence-corrected chi connectivity index (χ2v) is 9.89. The first-order chi connectivity index (χ1) is 16.1. The molecule has 3 aromatic rings. The number of aliphatic hydroxyl groups excluding tert-OH is 1. The van der Waals surface area contributed by atoms with E-state index < -0.39 is 17.7 Å². The maximum absolute atomic E-state index is 13.2. The molecule has 1 aliphatic rings. The number of nitrogens with zero attached hydrogens (tertiary/aromatic N) is 2. The second kappa shape index (κ2) is 9.10. The molecule has 1 fully saturated rings.